The largest absolute Gasteiger partial charge is 0.371 e. The number of nitrogens with zero attached hydrogens (tertiary/aromatic N) is 2. The van der Waals surface area contributed by atoms with Crippen LogP contribution in [0.2, 0.25) is 0 Å². The summed E-state index contributed by atoms with van der Waals surface area (Å²) in [5, 5.41) is 5.49. The number of pyridine rings is 1. The maximum atomic E-state index is 14.0. The van der Waals surface area contributed by atoms with Gasteiger partial charge in [0.1, 0.15) is 0 Å². The van der Waals surface area contributed by atoms with E-state index in [2.05, 4.69) is 20.5 Å². The van der Waals surface area contributed by atoms with Crippen LogP contribution in [0.1, 0.15) is 36.5 Å². The molecule has 6 heteroatoms. The van der Waals surface area contributed by atoms with Crippen molar-refractivity contribution >= 4 is 11.7 Å². The van der Waals surface area contributed by atoms with E-state index in [1.165, 1.54) is 31.5 Å². The SMILES string of the molecule is CNc1nccc(C(=O)NC(C)CN2CCCCC2)c1F. The highest BCUT2D eigenvalue weighted by molar-refractivity contribution is 5.95. The Morgan fingerprint density at radius 3 is 2.81 bits per heavy atom. The fourth-order valence-electron chi connectivity index (χ4n) is 2.67. The van der Waals surface area contributed by atoms with Crippen LogP contribution in [0.4, 0.5) is 10.2 Å². The van der Waals surface area contributed by atoms with Gasteiger partial charge in [-0.15, -0.1) is 0 Å². The summed E-state index contributed by atoms with van der Waals surface area (Å²) in [6.45, 7) is 4.91. The van der Waals surface area contributed by atoms with Crippen molar-refractivity contribution in [2.45, 2.75) is 32.2 Å². The van der Waals surface area contributed by atoms with Crippen molar-refractivity contribution in [1.82, 2.24) is 15.2 Å². The third kappa shape index (κ3) is 4.14. The van der Waals surface area contributed by atoms with E-state index in [1.807, 2.05) is 6.92 Å². The normalized spacial score (nSPS) is 17.3. The molecule has 1 fully saturated rings. The molecule has 1 atom stereocenters. The van der Waals surface area contributed by atoms with Crippen LogP contribution in [0.3, 0.4) is 0 Å². The third-order valence-corrected chi connectivity index (χ3v) is 3.73. The van der Waals surface area contributed by atoms with Crippen molar-refractivity contribution in [3.63, 3.8) is 0 Å². The minimum Gasteiger partial charge on any atom is -0.371 e. The van der Waals surface area contributed by atoms with Gasteiger partial charge in [0.05, 0.1) is 5.56 Å². The molecule has 2 N–H and O–H groups in total. The van der Waals surface area contributed by atoms with Crippen molar-refractivity contribution in [3.05, 3.63) is 23.6 Å². The molecule has 0 bridgehead atoms. The van der Waals surface area contributed by atoms with E-state index in [1.54, 1.807) is 7.05 Å². The summed E-state index contributed by atoms with van der Waals surface area (Å²) in [7, 11) is 1.58. The number of carbonyl (C=O) groups is 1. The van der Waals surface area contributed by atoms with Gasteiger partial charge in [0, 0.05) is 25.8 Å². The number of anilines is 1. The Kier molecular flexibility index (Phi) is 5.50. The number of aromatic nitrogens is 1. The van der Waals surface area contributed by atoms with E-state index in [9.17, 15) is 9.18 Å². The van der Waals surface area contributed by atoms with Crippen molar-refractivity contribution in [2.75, 3.05) is 32.0 Å². The molecule has 0 aliphatic carbocycles. The van der Waals surface area contributed by atoms with Crippen molar-refractivity contribution in [3.8, 4) is 0 Å². The first-order chi connectivity index (χ1) is 10.1. The first kappa shape index (κ1) is 15.7. The average Bonchev–Trinajstić information content (AvgIpc) is 2.48. The second-order valence-electron chi connectivity index (χ2n) is 5.51. The number of rotatable bonds is 5. The van der Waals surface area contributed by atoms with Crippen molar-refractivity contribution in [1.29, 1.82) is 0 Å². The van der Waals surface area contributed by atoms with Gasteiger partial charge in [0.25, 0.3) is 5.91 Å². The predicted molar refractivity (Wildman–Crippen MR) is 81.0 cm³/mol. The van der Waals surface area contributed by atoms with Crippen molar-refractivity contribution < 1.29 is 9.18 Å². The molecular formula is C15H23FN4O. The lowest BCUT2D eigenvalue weighted by atomic mass is 10.1. The lowest BCUT2D eigenvalue weighted by Gasteiger charge is -2.29. The van der Waals surface area contributed by atoms with Crippen LogP contribution in [-0.4, -0.2) is 48.5 Å². The van der Waals surface area contributed by atoms with E-state index in [0.717, 1.165) is 19.6 Å². The highest BCUT2D eigenvalue weighted by atomic mass is 19.1. The quantitative estimate of drug-likeness (QED) is 0.870. The number of hydrogen-bond donors (Lipinski definition) is 2. The highest BCUT2D eigenvalue weighted by Crippen LogP contribution is 2.14. The van der Waals surface area contributed by atoms with E-state index < -0.39 is 11.7 Å². The van der Waals surface area contributed by atoms with Crippen LogP contribution in [0, 0.1) is 5.82 Å². The van der Waals surface area contributed by atoms with Crippen LogP contribution in [0.25, 0.3) is 0 Å². The van der Waals surface area contributed by atoms with E-state index >= 15 is 0 Å². The first-order valence-corrected chi connectivity index (χ1v) is 7.47. The zero-order valence-electron chi connectivity index (χ0n) is 12.7. The smallest absolute Gasteiger partial charge is 0.254 e. The Labute approximate surface area is 124 Å². The standard InChI is InChI=1S/C15H23FN4O/c1-11(10-20-8-4-3-5-9-20)19-15(21)12-6-7-18-14(17-2)13(12)16/h6-7,11H,3-5,8-10H2,1-2H3,(H,17,18)(H,19,21). The molecule has 1 aromatic heterocycles. The third-order valence-electron chi connectivity index (χ3n) is 3.73. The van der Waals surface area contributed by atoms with Crippen LogP contribution < -0.4 is 10.6 Å². The summed E-state index contributed by atoms with van der Waals surface area (Å²) in [6, 6.07) is 1.39. The van der Waals surface area contributed by atoms with Gasteiger partial charge in [-0.2, -0.15) is 0 Å². The van der Waals surface area contributed by atoms with Gasteiger partial charge in [-0.1, -0.05) is 6.42 Å². The van der Waals surface area contributed by atoms with Gasteiger partial charge in [-0.3, -0.25) is 4.79 Å². The molecule has 0 saturated carbocycles. The van der Waals surface area contributed by atoms with Gasteiger partial charge < -0.3 is 15.5 Å². The Balaban J connectivity index is 1.94. The maximum absolute atomic E-state index is 14.0. The summed E-state index contributed by atoms with van der Waals surface area (Å²) in [6.07, 6.45) is 5.14. The van der Waals surface area contributed by atoms with Crippen LogP contribution in [0.15, 0.2) is 12.3 Å². The maximum Gasteiger partial charge on any atom is 0.254 e. The van der Waals surface area contributed by atoms with Gasteiger partial charge in [0.15, 0.2) is 11.6 Å². The molecule has 2 rings (SSSR count). The van der Waals surface area contributed by atoms with Crippen LogP contribution >= 0.6 is 0 Å². The Bertz CT molecular complexity index is 489. The topological polar surface area (TPSA) is 57.3 Å². The van der Waals surface area contributed by atoms with E-state index in [-0.39, 0.29) is 17.4 Å². The van der Waals surface area contributed by atoms with Crippen LogP contribution in [0.5, 0.6) is 0 Å². The summed E-state index contributed by atoms with van der Waals surface area (Å²) < 4.78 is 14.0. The van der Waals surface area contributed by atoms with Gasteiger partial charge >= 0.3 is 0 Å². The highest BCUT2D eigenvalue weighted by Gasteiger charge is 2.19. The molecule has 2 heterocycles. The molecule has 5 nitrogen and oxygen atoms in total. The number of amides is 1. The molecule has 0 aromatic carbocycles. The summed E-state index contributed by atoms with van der Waals surface area (Å²) in [5.74, 6) is -0.912. The fraction of sp³-hybridized carbons (Fsp3) is 0.600. The molecule has 1 unspecified atom stereocenters. The summed E-state index contributed by atoms with van der Waals surface area (Å²) in [5.41, 5.74) is 0.0276. The molecule has 1 amide bonds. The van der Waals surface area contributed by atoms with Gasteiger partial charge in [0.2, 0.25) is 0 Å². The fourth-order valence-corrected chi connectivity index (χ4v) is 2.67. The number of nitrogens with one attached hydrogen (secondary N) is 2. The molecular weight excluding hydrogens is 271 g/mol. The number of piperidine rings is 1. The Morgan fingerprint density at radius 1 is 1.43 bits per heavy atom. The lowest BCUT2D eigenvalue weighted by Crippen LogP contribution is -2.43. The second kappa shape index (κ2) is 7.36. The molecule has 0 radical (unpaired) electrons. The molecule has 1 aliphatic rings. The monoisotopic (exact) mass is 294 g/mol. The zero-order valence-corrected chi connectivity index (χ0v) is 12.7. The number of carbonyl (C=O) groups excluding carboxylic acids is 1. The van der Waals surface area contributed by atoms with Gasteiger partial charge in [-0.25, -0.2) is 9.37 Å². The second-order valence-corrected chi connectivity index (χ2v) is 5.51. The minimum atomic E-state index is -0.609. The number of halogens is 1. The van der Waals surface area contributed by atoms with E-state index in [4.69, 9.17) is 0 Å². The number of likely N-dealkylation sites (tertiary alicyclic amines) is 1. The summed E-state index contributed by atoms with van der Waals surface area (Å²) >= 11 is 0. The van der Waals surface area contributed by atoms with E-state index in [0.29, 0.717) is 0 Å². The van der Waals surface area contributed by atoms with Crippen molar-refractivity contribution in [2.24, 2.45) is 0 Å². The zero-order chi connectivity index (χ0) is 15.2. The molecule has 1 aliphatic heterocycles. The minimum absolute atomic E-state index is 0.0128. The Morgan fingerprint density at radius 2 is 2.14 bits per heavy atom. The first-order valence-electron chi connectivity index (χ1n) is 7.47. The van der Waals surface area contributed by atoms with Crippen LogP contribution in [-0.2, 0) is 0 Å². The average molecular weight is 294 g/mol. The molecule has 1 saturated heterocycles. The molecule has 21 heavy (non-hydrogen) atoms. The molecule has 0 spiro atoms. The number of hydrogen-bond acceptors (Lipinski definition) is 4. The Hall–Kier alpha value is -1.69. The predicted octanol–water partition coefficient (Wildman–Crippen LogP) is 1.87. The lowest BCUT2D eigenvalue weighted by molar-refractivity contribution is 0.0921. The molecule has 1 aromatic rings. The van der Waals surface area contributed by atoms with Gasteiger partial charge in [-0.05, 0) is 38.9 Å². The summed E-state index contributed by atoms with van der Waals surface area (Å²) in [4.78, 5) is 18.3. The molecule has 116 valence electrons.